The smallest absolute Gasteiger partial charge is 0.329 e. The number of carbonyl (C=O) groups excluding carboxylic acids is 3. The fraction of sp³-hybridized carbons (Fsp3) is 0.118. The summed E-state index contributed by atoms with van der Waals surface area (Å²) in [6, 6.07) is 9.34. The van der Waals surface area contributed by atoms with Crippen LogP contribution in [0.2, 0.25) is 0 Å². The Labute approximate surface area is 143 Å². The zero-order valence-electron chi connectivity index (χ0n) is 13.3. The Hall–Kier alpha value is -3.55. The third-order valence-electron chi connectivity index (χ3n) is 3.47. The van der Waals surface area contributed by atoms with E-state index in [9.17, 15) is 14.4 Å². The van der Waals surface area contributed by atoms with Gasteiger partial charge in [0.25, 0.3) is 5.91 Å². The normalized spacial score (nSPS) is 15.4. The van der Waals surface area contributed by atoms with E-state index in [2.05, 4.69) is 10.6 Å². The number of anilines is 1. The molecule has 0 unspecified atom stereocenters. The molecule has 0 spiro atoms. The van der Waals surface area contributed by atoms with E-state index in [1.54, 1.807) is 43.5 Å². The maximum atomic E-state index is 12.2. The SMILES string of the molecule is COc1ccc(NC(=O)CN2C(=O)N/C(=C\c3ccco3)C2=O)cc1. The molecule has 1 aromatic heterocycles. The number of hydrogen-bond donors (Lipinski definition) is 2. The van der Waals surface area contributed by atoms with Gasteiger partial charge >= 0.3 is 6.03 Å². The first-order valence-electron chi connectivity index (χ1n) is 7.39. The van der Waals surface area contributed by atoms with Crippen LogP contribution in [0.15, 0.2) is 52.8 Å². The summed E-state index contributed by atoms with van der Waals surface area (Å²) >= 11 is 0. The van der Waals surface area contributed by atoms with Gasteiger partial charge in [-0.25, -0.2) is 9.69 Å². The molecule has 25 heavy (non-hydrogen) atoms. The summed E-state index contributed by atoms with van der Waals surface area (Å²) in [7, 11) is 1.54. The molecule has 0 saturated carbocycles. The Morgan fingerprint density at radius 3 is 2.68 bits per heavy atom. The molecule has 1 aliphatic rings. The highest BCUT2D eigenvalue weighted by atomic mass is 16.5. The Balaban J connectivity index is 1.64. The number of ether oxygens (including phenoxy) is 1. The van der Waals surface area contributed by atoms with Gasteiger partial charge in [-0.05, 0) is 36.4 Å². The van der Waals surface area contributed by atoms with Crippen molar-refractivity contribution in [1.29, 1.82) is 0 Å². The lowest BCUT2D eigenvalue weighted by atomic mass is 10.3. The summed E-state index contributed by atoms with van der Waals surface area (Å²) < 4.78 is 10.1. The van der Waals surface area contributed by atoms with E-state index >= 15 is 0 Å². The van der Waals surface area contributed by atoms with Crippen LogP contribution in [0.3, 0.4) is 0 Å². The van der Waals surface area contributed by atoms with Crippen molar-refractivity contribution in [2.75, 3.05) is 19.0 Å². The molecule has 4 amide bonds. The molecule has 128 valence electrons. The topological polar surface area (TPSA) is 101 Å². The van der Waals surface area contributed by atoms with Gasteiger partial charge in [0.2, 0.25) is 5.91 Å². The second kappa shape index (κ2) is 6.91. The summed E-state index contributed by atoms with van der Waals surface area (Å²) in [6.07, 6.45) is 2.86. The van der Waals surface area contributed by atoms with E-state index in [-0.39, 0.29) is 5.70 Å². The maximum Gasteiger partial charge on any atom is 0.329 e. The molecule has 1 saturated heterocycles. The Morgan fingerprint density at radius 2 is 2.04 bits per heavy atom. The summed E-state index contributed by atoms with van der Waals surface area (Å²) in [4.78, 5) is 37.1. The molecule has 0 bridgehead atoms. The van der Waals surface area contributed by atoms with E-state index in [1.165, 1.54) is 12.3 Å². The van der Waals surface area contributed by atoms with Crippen LogP contribution in [0.1, 0.15) is 5.76 Å². The van der Waals surface area contributed by atoms with Crippen LogP contribution in [-0.4, -0.2) is 36.4 Å². The van der Waals surface area contributed by atoms with E-state index in [0.29, 0.717) is 17.2 Å². The standard InChI is InChI=1S/C17H15N3O5/c1-24-12-6-4-11(5-7-12)18-15(21)10-20-16(22)14(19-17(20)23)9-13-3-2-8-25-13/h2-9H,10H2,1H3,(H,18,21)(H,19,23)/b14-9-. The molecule has 2 aromatic rings. The summed E-state index contributed by atoms with van der Waals surface area (Å²) in [5.41, 5.74) is 0.585. The van der Waals surface area contributed by atoms with Gasteiger partial charge in [0.15, 0.2) is 0 Å². The second-order valence-electron chi connectivity index (χ2n) is 5.17. The third kappa shape index (κ3) is 3.69. The van der Waals surface area contributed by atoms with E-state index in [1.807, 2.05) is 0 Å². The summed E-state index contributed by atoms with van der Waals surface area (Å²) in [5, 5.41) is 5.03. The fourth-order valence-electron chi connectivity index (χ4n) is 2.25. The van der Waals surface area contributed by atoms with Crippen molar-refractivity contribution in [3.05, 3.63) is 54.1 Å². The molecular weight excluding hydrogens is 326 g/mol. The number of methoxy groups -OCH3 is 1. The Bertz CT molecular complexity index is 824. The number of nitrogens with one attached hydrogen (secondary N) is 2. The van der Waals surface area contributed by atoms with Crippen LogP contribution < -0.4 is 15.4 Å². The average molecular weight is 341 g/mol. The van der Waals surface area contributed by atoms with E-state index < -0.39 is 24.4 Å². The van der Waals surface area contributed by atoms with Crippen molar-refractivity contribution < 1.29 is 23.5 Å². The molecule has 0 aliphatic carbocycles. The van der Waals surface area contributed by atoms with Crippen LogP contribution in [0.4, 0.5) is 10.5 Å². The van der Waals surface area contributed by atoms with Crippen molar-refractivity contribution in [2.45, 2.75) is 0 Å². The van der Waals surface area contributed by atoms with Crippen LogP contribution in [0.25, 0.3) is 6.08 Å². The minimum Gasteiger partial charge on any atom is -0.497 e. The van der Waals surface area contributed by atoms with Crippen molar-refractivity contribution in [3.8, 4) is 5.75 Å². The van der Waals surface area contributed by atoms with Crippen molar-refractivity contribution in [2.24, 2.45) is 0 Å². The maximum absolute atomic E-state index is 12.2. The fourth-order valence-corrected chi connectivity index (χ4v) is 2.25. The third-order valence-corrected chi connectivity index (χ3v) is 3.47. The lowest BCUT2D eigenvalue weighted by Gasteiger charge is -2.12. The van der Waals surface area contributed by atoms with Gasteiger partial charge in [0.05, 0.1) is 13.4 Å². The van der Waals surface area contributed by atoms with Crippen molar-refractivity contribution in [1.82, 2.24) is 10.2 Å². The Kier molecular flexibility index (Phi) is 4.51. The molecule has 2 N–H and O–H groups in total. The van der Waals surface area contributed by atoms with Gasteiger partial charge in [0.1, 0.15) is 23.8 Å². The molecule has 1 aromatic carbocycles. The van der Waals surface area contributed by atoms with Crippen molar-refractivity contribution >= 4 is 29.6 Å². The molecule has 1 aliphatic heterocycles. The largest absolute Gasteiger partial charge is 0.497 e. The van der Waals surface area contributed by atoms with Crippen molar-refractivity contribution in [3.63, 3.8) is 0 Å². The predicted octanol–water partition coefficient (Wildman–Crippen LogP) is 1.82. The van der Waals surface area contributed by atoms with Crippen LogP contribution >= 0.6 is 0 Å². The first-order chi connectivity index (χ1) is 12.1. The van der Waals surface area contributed by atoms with Gasteiger partial charge in [-0.1, -0.05) is 0 Å². The zero-order valence-corrected chi connectivity index (χ0v) is 13.3. The molecule has 1 fully saturated rings. The van der Waals surface area contributed by atoms with Gasteiger partial charge in [-0.2, -0.15) is 0 Å². The number of urea groups is 1. The number of furan rings is 1. The summed E-state index contributed by atoms with van der Waals surface area (Å²) in [6.45, 7) is -0.397. The molecule has 8 nitrogen and oxygen atoms in total. The lowest BCUT2D eigenvalue weighted by Crippen LogP contribution is -2.38. The van der Waals surface area contributed by atoms with Gasteiger partial charge < -0.3 is 19.8 Å². The molecule has 0 atom stereocenters. The second-order valence-corrected chi connectivity index (χ2v) is 5.17. The molecule has 3 rings (SSSR count). The quantitative estimate of drug-likeness (QED) is 0.638. The molecule has 0 radical (unpaired) electrons. The van der Waals surface area contributed by atoms with Gasteiger partial charge in [0, 0.05) is 11.8 Å². The number of imide groups is 1. The highest BCUT2D eigenvalue weighted by Gasteiger charge is 2.35. The monoisotopic (exact) mass is 341 g/mol. The first-order valence-corrected chi connectivity index (χ1v) is 7.39. The molecular formula is C17H15N3O5. The average Bonchev–Trinajstić information content (AvgIpc) is 3.20. The Morgan fingerprint density at radius 1 is 1.28 bits per heavy atom. The van der Waals surface area contributed by atoms with Crippen LogP contribution in [-0.2, 0) is 9.59 Å². The number of benzene rings is 1. The zero-order chi connectivity index (χ0) is 17.8. The van der Waals surface area contributed by atoms with E-state index in [0.717, 1.165) is 4.90 Å². The summed E-state index contributed by atoms with van der Waals surface area (Å²) in [5.74, 6) is -0.00724. The van der Waals surface area contributed by atoms with Crippen LogP contribution in [0.5, 0.6) is 5.75 Å². The minimum atomic E-state index is -0.660. The number of amides is 4. The lowest BCUT2D eigenvalue weighted by molar-refractivity contribution is -0.127. The number of carbonyl (C=O) groups is 3. The molecule has 8 heteroatoms. The highest BCUT2D eigenvalue weighted by Crippen LogP contribution is 2.16. The minimum absolute atomic E-state index is 0.0530. The number of rotatable bonds is 5. The van der Waals surface area contributed by atoms with E-state index in [4.69, 9.17) is 9.15 Å². The number of nitrogens with zero attached hydrogens (tertiary/aromatic N) is 1. The first kappa shape index (κ1) is 16.3. The molecule has 2 heterocycles. The predicted molar refractivity (Wildman–Crippen MR) is 88.6 cm³/mol. The van der Waals surface area contributed by atoms with Crippen LogP contribution in [0, 0.1) is 0 Å². The highest BCUT2D eigenvalue weighted by molar-refractivity contribution is 6.15. The number of hydrogen-bond acceptors (Lipinski definition) is 5. The van der Waals surface area contributed by atoms with Gasteiger partial charge in [-0.3, -0.25) is 9.59 Å². The van der Waals surface area contributed by atoms with Gasteiger partial charge in [-0.15, -0.1) is 0 Å².